The van der Waals surface area contributed by atoms with Crippen LogP contribution in [0, 0.1) is 0 Å². The first-order valence-corrected chi connectivity index (χ1v) is 10.4. The number of thiophene rings is 1. The molecule has 1 aromatic carbocycles. The van der Waals surface area contributed by atoms with E-state index in [9.17, 15) is 0 Å². The van der Waals surface area contributed by atoms with Crippen molar-refractivity contribution in [3.63, 3.8) is 0 Å². The number of benzene rings is 1. The predicted octanol–water partition coefficient (Wildman–Crippen LogP) is 5.79. The molecule has 0 bridgehead atoms. The summed E-state index contributed by atoms with van der Waals surface area (Å²) in [6, 6.07) is 8.09. The van der Waals surface area contributed by atoms with E-state index in [2.05, 4.69) is 21.3 Å². The molecule has 21 heavy (non-hydrogen) atoms. The van der Waals surface area contributed by atoms with Crippen molar-refractivity contribution in [1.29, 1.82) is 0 Å². The second-order valence-electron chi connectivity index (χ2n) is 3.92. The van der Waals surface area contributed by atoms with Crippen molar-refractivity contribution >= 4 is 77.4 Å². The lowest BCUT2D eigenvalue weighted by molar-refractivity contribution is 1.09. The molecule has 3 rings (SSSR count). The first kappa shape index (κ1) is 15.3. The Kier molecular flexibility index (Phi) is 4.85. The Morgan fingerprint density at radius 3 is 2.62 bits per heavy atom. The maximum Gasteiger partial charge on any atom is 0.233 e. The Hall–Kier alpha value is -0.600. The van der Waals surface area contributed by atoms with Crippen LogP contribution >= 0.6 is 57.8 Å². The molecule has 0 spiro atoms. The summed E-state index contributed by atoms with van der Waals surface area (Å²) < 4.78 is 2.13. The summed E-state index contributed by atoms with van der Waals surface area (Å²) in [4.78, 5) is 5.44. The highest BCUT2D eigenvalue weighted by molar-refractivity contribution is 8.38. The molecule has 0 aliphatic rings. The molecule has 0 unspecified atom stereocenters. The number of hydrogen-bond donors (Lipinski definition) is 0. The quantitative estimate of drug-likeness (QED) is 0.422. The molecule has 8 heteroatoms. The number of nitrogens with zero attached hydrogens (tertiary/aromatic N) is 3. The van der Waals surface area contributed by atoms with Crippen LogP contribution in [0.4, 0.5) is 5.13 Å². The summed E-state index contributed by atoms with van der Waals surface area (Å²) in [5.41, 5.74) is 0. The van der Waals surface area contributed by atoms with Crippen molar-refractivity contribution in [3.05, 3.63) is 29.3 Å². The fourth-order valence-corrected chi connectivity index (χ4v) is 5.27. The Labute approximate surface area is 143 Å². The van der Waals surface area contributed by atoms with Gasteiger partial charge in [-0.15, -0.1) is 45.1 Å². The third kappa shape index (κ3) is 3.12. The topological polar surface area (TPSA) is 38.1 Å². The summed E-state index contributed by atoms with van der Waals surface area (Å²) in [6.45, 7) is 0. The van der Waals surface area contributed by atoms with Crippen molar-refractivity contribution in [3.8, 4) is 9.88 Å². The van der Waals surface area contributed by atoms with E-state index in [1.165, 1.54) is 11.3 Å². The van der Waals surface area contributed by atoms with Gasteiger partial charge in [0.2, 0.25) is 5.13 Å². The van der Waals surface area contributed by atoms with Gasteiger partial charge in [-0.3, -0.25) is 0 Å². The van der Waals surface area contributed by atoms with Gasteiger partial charge in [0, 0.05) is 10.1 Å². The average molecular weight is 372 g/mol. The van der Waals surface area contributed by atoms with Crippen molar-refractivity contribution in [2.75, 3.05) is 12.5 Å². The molecule has 0 fully saturated rings. The van der Waals surface area contributed by atoms with E-state index in [1.807, 2.05) is 30.7 Å². The zero-order valence-corrected chi connectivity index (χ0v) is 15.2. The molecule has 0 saturated heterocycles. The summed E-state index contributed by atoms with van der Waals surface area (Å²) in [6.07, 6.45) is 4.00. The number of hydrogen-bond acceptors (Lipinski definition) is 7. The minimum Gasteiger partial charge on any atom is -0.204 e. The Balaban J connectivity index is 2.02. The van der Waals surface area contributed by atoms with Gasteiger partial charge in [-0.05, 0) is 18.6 Å². The largest absolute Gasteiger partial charge is 0.233 e. The highest BCUT2D eigenvalue weighted by Crippen LogP contribution is 2.43. The van der Waals surface area contributed by atoms with E-state index in [0.29, 0.717) is 5.13 Å². The van der Waals surface area contributed by atoms with Crippen LogP contribution < -0.4 is 0 Å². The van der Waals surface area contributed by atoms with Crippen molar-refractivity contribution < 1.29 is 0 Å². The molecule has 3 aromatic rings. The number of fused-ring (bicyclic) bond motifs is 1. The van der Waals surface area contributed by atoms with Crippen LogP contribution in [0.3, 0.4) is 0 Å². The van der Waals surface area contributed by atoms with Crippen LogP contribution in [0.5, 0.6) is 0 Å². The summed E-state index contributed by atoms with van der Waals surface area (Å²) in [5, 5.41) is 11.7. The standard InChI is InChI=1S/C13H10ClN3S4/c1-18-13(19-2)15-12-17-16-11(21-12)10-9(14)7-5-3-4-6-8(7)20-10/h3-6H,1-2H3. The van der Waals surface area contributed by atoms with Gasteiger partial charge in [-0.25, -0.2) is 4.99 Å². The molecule has 108 valence electrons. The molecular formula is C13H10ClN3S4. The maximum atomic E-state index is 6.47. The zero-order chi connectivity index (χ0) is 14.8. The Morgan fingerprint density at radius 1 is 1.14 bits per heavy atom. The molecule has 0 atom stereocenters. The van der Waals surface area contributed by atoms with Crippen LogP contribution in [-0.2, 0) is 0 Å². The molecular weight excluding hydrogens is 362 g/mol. The number of thioether (sulfide) groups is 2. The second-order valence-corrected chi connectivity index (χ2v) is 8.15. The predicted molar refractivity (Wildman–Crippen MR) is 99.9 cm³/mol. The first-order chi connectivity index (χ1) is 10.2. The number of rotatable bonds is 2. The van der Waals surface area contributed by atoms with Crippen LogP contribution in [0.25, 0.3) is 20.0 Å². The lowest BCUT2D eigenvalue weighted by Gasteiger charge is -1.93. The van der Waals surface area contributed by atoms with E-state index in [0.717, 1.165) is 29.4 Å². The van der Waals surface area contributed by atoms with Crippen molar-refractivity contribution in [1.82, 2.24) is 10.2 Å². The summed E-state index contributed by atoms with van der Waals surface area (Å²) in [5.74, 6) is 0. The van der Waals surface area contributed by atoms with E-state index < -0.39 is 0 Å². The Morgan fingerprint density at radius 2 is 1.90 bits per heavy atom. The average Bonchev–Trinajstić information content (AvgIpc) is 3.10. The first-order valence-electron chi connectivity index (χ1n) is 5.90. The van der Waals surface area contributed by atoms with Gasteiger partial charge in [-0.1, -0.05) is 41.1 Å². The van der Waals surface area contributed by atoms with Crippen LogP contribution in [0.2, 0.25) is 5.02 Å². The fraction of sp³-hybridized carbons (Fsp3) is 0.154. The van der Waals surface area contributed by atoms with E-state index in [1.54, 1.807) is 34.9 Å². The molecule has 2 heterocycles. The van der Waals surface area contributed by atoms with Gasteiger partial charge < -0.3 is 0 Å². The minimum atomic E-state index is 0.664. The summed E-state index contributed by atoms with van der Waals surface area (Å²) >= 11 is 12.8. The molecule has 0 N–H and O–H groups in total. The lowest BCUT2D eigenvalue weighted by Crippen LogP contribution is -1.79. The van der Waals surface area contributed by atoms with Crippen LogP contribution in [0.15, 0.2) is 29.3 Å². The highest BCUT2D eigenvalue weighted by atomic mass is 35.5. The normalized spacial score (nSPS) is 11.0. The van der Waals surface area contributed by atoms with Gasteiger partial charge >= 0.3 is 0 Å². The minimum absolute atomic E-state index is 0.664. The van der Waals surface area contributed by atoms with Crippen LogP contribution in [0.1, 0.15) is 0 Å². The molecule has 0 amide bonds. The second kappa shape index (κ2) is 6.66. The van der Waals surface area contributed by atoms with Crippen molar-refractivity contribution in [2.24, 2.45) is 4.99 Å². The third-order valence-electron chi connectivity index (χ3n) is 2.68. The van der Waals surface area contributed by atoms with E-state index in [-0.39, 0.29) is 0 Å². The maximum absolute atomic E-state index is 6.47. The monoisotopic (exact) mass is 371 g/mol. The van der Waals surface area contributed by atoms with Gasteiger partial charge in [-0.2, -0.15) is 0 Å². The molecule has 0 aliphatic heterocycles. The van der Waals surface area contributed by atoms with E-state index in [4.69, 9.17) is 11.6 Å². The highest BCUT2D eigenvalue weighted by Gasteiger charge is 2.16. The molecule has 2 aromatic heterocycles. The lowest BCUT2D eigenvalue weighted by atomic mass is 10.2. The van der Waals surface area contributed by atoms with Gasteiger partial charge in [0.15, 0.2) is 5.01 Å². The van der Waals surface area contributed by atoms with Gasteiger partial charge in [0.25, 0.3) is 0 Å². The number of aromatic nitrogens is 2. The molecule has 0 aliphatic carbocycles. The van der Waals surface area contributed by atoms with Crippen LogP contribution in [-0.4, -0.2) is 27.1 Å². The van der Waals surface area contributed by atoms with E-state index >= 15 is 0 Å². The number of halogens is 1. The molecule has 3 nitrogen and oxygen atoms in total. The van der Waals surface area contributed by atoms with Gasteiger partial charge in [0.05, 0.1) is 9.90 Å². The smallest absolute Gasteiger partial charge is 0.204 e. The third-order valence-corrected chi connectivity index (χ3v) is 7.21. The molecule has 0 radical (unpaired) electrons. The fourth-order valence-electron chi connectivity index (χ4n) is 1.76. The summed E-state index contributed by atoms with van der Waals surface area (Å²) in [7, 11) is 0. The SMILES string of the molecule is CSC(=Nc1nnc(-c2sc3ccccc3c2Cl)s1)SC. The molecule has 0 saturated carbocycles. The van der Waals surface area contributed by atoms with Crippen molar-refractivity contribution in [2.45, 2.75) is 0 Å². The number of aliphatic imine (C=N–C) groups is 1. The van der Waals surface area contributed by atoms with Gasteiger partial charge in [0.1, 0.15) is 4.38 Å². The Bertz CT molecular complexity index is 803. The zero-order valence-electron chi connectivity index (χ0n) is 11.2.